The second-order valence-corrected chi connectivity index (χ2v) is 5.30. The standard InChI is InChI=1S/C16H22N4O/c1-4-9-20(11(2)3)16(21)14-10-18-15(19-17)13-8-6-5-7-12(13)14/h5-8,10-11H,4,9,17H2,1-3H3,(H,18,19). The second-order valence-electron chi connectivity index (χ2n) is 5.30. The first-order chi connectivity index (χ1) is 10.1. The van der Waals surface area contributed by atoms with E-state index in [-0.39, 0.29) is 11.9 Å². The number of nitrogens with two attached hydrogens (primary N) is 1. The summed E-state index contributed by atoms with van der Waals surface area (Å²) in [6.07, 6.45) is 2.53. The number of aromatic nitrogens is 1. The van der Waals surface area contributed by atoms with Crippen LogP contribution in [0.4, 0.5) is 5.82 Å². The van der Waals surface area contributed by atoms with E-state index in [9.17, 15) is 4.79 Å². The van der Waals surface area contributed by atoms with Gasteiger partial charge in [0.2, 0.25) is 0 Å². The smallest absolute Gasteiger partial charge is 0.256 e. The Hall–Kier alpha value is -2.14. The number of pyridine rings is 1. The Bertz CT molecular complexity index is 639. The fourth-order valence-corrected chi connectivity index (χ4v) is 2.47. The molecule has 5 heteroatoms. The van der Waals surface area contributed by atoms with Crippen LogP contribution in [-0.2, 0) is 0 Å². The molecule has 5 nitrogen and oxygen atoms in total. The number of fused-ring (bicyclic) bond motifs is 1. The van der Waals surface area contributed by atoms with Gasteiger partial charge < -0.3 is 10.3 Å². The normalized spacial score (nSPS) is 10.9. The van der Waals surface area contributed by atoms with Gasteiger partial charge in [0, 0.05) is 24.2 Å². The van der Waals surface area contributed by atoms with E-state index in [0.29, 0.717) is 11.4 Å². The number of hydrogen-bond donors (Lipinski definition) is 2. The summed E-state index contributed by atoms with van der Waals surface area (Å²) in [6.45, 7) is 6.86. The van der Waals surface area contributed by atoms with Gasteiger partial charge in [-0.15, -0.1) is 0 Å². The van der Waals surface area contributed by atoms with Crippen molar-refractivity contribution in [1.29, 1.82) is 0 Å². The Morgan fingerprint density at radius 1 is 1.33 bits per heavy atom. The summed E-state index contributed by atoms with van der Waals surface area (Å²) >= 11 is 0. The van der Waals surface area contributed by atoms with Crippen LogP contribution in [0.5, 0.6) is 0 Å². The monoisotopic (exact) mass is 286 g/mol. The average Bonchev–Trinajstić information content (AvgIpc) is 2.50. The van der Waals surface area contributed by atoms with Crippen molar-refractivity contribution in [3.63, 3.8) is 0 Å². The highest BCUT2D eigenvalue weighted by molar-refractivity contribution is 6.09. The number of benzene rings is 1. The first kappa shape index (κ1) is 15.3. The van der Waals surface area contributed by atoms with Gasteiger partial charge in [0.15, 0.2) is 0 Å². The molecule has 0 radical (unpaired) electrons. The van der Waals surface area contributed by atoms with Crippen molar-refractivity contribution >= 4 is 22.5 Å². The number of rotatable bonds is 5. The van der Waals surface area contributed by atoms with E-state index in [1.165, 1.54) is 0 Å². The van der Waals surface area contributed by atoms with Crippen LogP contribution in [0.1, 0.15) is 37.6 Å². The summed E-state index contributed by atoms with van der Waals surface area (Å²) in [7, 11) is 0. The SMILES string of the molecule is CCCN(C(=O)c1cnc(NN)c2ccccc12)C(C)C. The molecular formula is C16H22N4O. The number of amides is 1. The number of nitrogen functional groups attached to an aromatic ring is 1. The predicted molar refractivity (Wildman–Crippen MR) is 86.0 cm³/mol. The van der Waals surface area contributed by atoms with Crippen LogP contribution in [0.3, 0.4) is 0 Å². The molecule has 0 unspecified atom stereocenters. The van der Waals surface area contributed by atoms with Crippen LogP contribution in [0, 0.1) is 0 Å². The van der Waals surface area contributed by atoms with Crippen molar-refractivity contribution in [2.75, 3.05) is 12.0 Å². The van der Waals surface area contributed by atoms with E-state index < -0.39 is 0 Å². The number of hydrazine groups is 1. The van der Waals surface area contributed by atoms with Gasteiger partial charge in [-0.3, -0.25) is 4.79 Å². The Kier molecular flexibility index (Phi) is 4.75. The van der Waals surface area contributed by atoms with Gasteiger partial charge in [-0.05, 0) is 25.7 Å². The third-order valence-electron chi connectivity index (χ3n) is 3.51. The molecule has 0 aliphatic heterocycles. The number of anilines is 1. The zero-order valence-electron chi connectivity index (χ0n) is 12.8. The van der Waals surface area contributed by atoms with Crippen LogP contribution >= 0.6 is 0 Å². The second kappa shape index (κ2) is 6.54. The molecule has 0 spiro atoms. The molecule has 1 aromatic carbocycles. The van der Waals surface area contributed by atoms with Crippen LogP contribution in [0.25, 0.3) is 10.8 Å². The summed E-state index contributed by atoms with van der Waals surface area (Å²) in [4.78, 5) is 19.0. The minimum absolute atomic E-state index is 0.0131. The predicted octanol–water partition coefficient (Wildman–Crippen LogP) is 2.78. The Labute approximate surface area is 125 Å². The summed E-state index contributed by atoms with van der Waals surface area (Å²) in [5, 5.41) is 1.72. The van der Waals surface area contributed by atoms with Crippen molar-refractivity contribution < 1.29 is 4.79 Å². The highest BCUT2D eigenvalue weighted by Crippen LogP contribution is 2.25. The molecule has 0 saturated heterocycles. The lowest BCUT2D eigenvalue weighted by Gasteiger charge is -2.27. The molecule has 0 fully saturated rings. The van der Waals surface area contributed by atoms with Gasteiger partial charge in [0.1, 0.15) is 5.82 Å². The topological polar surface area (TPSA) is 71.2 Å². The lowest BCUT2D eigenvalue weighted by molar-refractivity contribution is 0.0707. The number of nitrogens with one attached hydrogen (secondary N) is 1. The summed E-state index contributed by atoms with van der Waals surface area (Å²) < 4.78 is 0. The van der Waals surface area contributed by atoms with Crippen LogP contribution in [-0.4, -0.2) is 28.4 Å². The zero-order valence-corrected chi connectivity index (χ0v) is 12.8. The molecule has 2 rings (SSSR count). The third-order valence-corrected chi connectivity index (χ3v) is 3.51. The van der Waals surface area contributed by atoms with Crippen LogP contribution in [0.2, 0.25) is 0 Å². The van der Waals surface area contributed by atoms with E-state index in [1.54, 1.807) is 6.20 Å². The molecule has 0 saturated carbocycles. The molecule has 21 heavy (non-hydrogen) atoms. The van der Waals surface area contributed by atoms with Gasteiger partial charge >= 0.3 is 0 Å². The maximum atomic E-state index is 12.8. The molecule has 0 atom stereocenters. The maximum Gasteiger partial charge on any atom is 0.256 e. The first-order valence-electron chi connectivity index (χ1n) is 7.25. The van der Waals surface area contributed by atoms with Gasteiger partial charge in [-0.25, -0.2) is 10.8 Å². The maximum absolute atomic E-state index is 12.8. The van der Waals surface area contributed by atoms with Gasteiger partial charge in [-0.2, -0.15) is 0 Å². The van der Waals surface area contributed by atoms with Crippen molar-refractivity contribution in [2.24, 2.45) is 5.84 Å². The molecule has 1 aromatic heterocycles. The molecule has 0 bridgehead atoms. The van der Waals surface area contributed by atoms with Gasteiger partial charge in [-0.1, -0.05) is 31.2 Å². The number of hydrogen-bond acceptors (Lipinski definition) is 4. The van der Waals surface area contributed by atoms with Gasteiger partial charge in [0.25, 0.3) is 5.91 Å². The molecule has 112 valence electrons. The first-order valence-corrected chi connectivity index (χ1v) is 7.25. The largest absolute Gasteiger partial charge is 0.336 e. The van der Waals surface area contributed by atoms with E-state index in [0.717, 1.165) is 23.7 Å². The zero-order chi connectivity index (χ0) is 15.4. The van der Waals surface area contributed by atoms with E-state index in [2.05, 4.69) is 17.3 Å². The van der Waals surface area contributed by atoms with Crippen LogP contribution in [0.15, 0.2) is 30.5 Å². The fraction of sp³-hybridized carbons (Fsp3) is 0.375. The van der Waals surface area contributed by atoms with Crippen molar-refractivity contribution in [3.8, 4) is 0 Å². The Balaban J connectivity index is 2.53. The highest BCUT2D eigenvalue weighted by Gasteiger charge is 2.21. The lowest BCUT2D eigenvalue weighted by atomic mass is 10.1. The van der Waals surface area contributed by atoms with Crippen molar-refractivity contribution in [1.82, 2.24) is 9.88 Å². The molecular weight excluding hydrogens is 264 g/mol. The molecule has 1 amide bonds. The quantitative estimate of drug-likeness (QED) is 0.655. The molecule has 0 aliphatic rings. The Morgan fingerprint density at radius 2 is 2.00 bits per heavy atom. The molecule has 0 aliphatic carbocycles. The van der Waals surface area contributed by atoms with E-state index in [4.69, 9.17) is 5.84 Å². The Morgan fingerprint density at radius 3 is 2.57 bits per heavy atom. The number of carbonyl (C=O) groups is 1. The van der Waals surface area contributed by atoms with E-state index in [1.807, 2.05) is 43.0 Å². The number of carbonyl (C=O) groups excluding carboxylic acids is 1. The minimum atomic E-state index is 0.0131. The average molecular weight is 286 g/mol. The molecule has 2 aromatic rings. The summed E-state index contributed by atoms with van der Waals surface area (Å²) in [5.41, 5.74) is 3.19. The lowest BCUT2D eigenvalue weighted by Crippen LogP contribution is -2.37. The number of nitrogens with zero attached hydrogens (tertiary/aromatic N) is 2. The fourth-order valence-electron chi connectivity index (χ4n) is 2.47. The molecule has 1 heterocycles. The van der Waals surface area contributed by atoms with Crippen molar-refractivity contribution in [3.05, 3.63) is 36.0 Å². The third kappa shape index (κ3) is 2.97. The molecule has 3 N–H and O–H groups in total. The minimum Gasteiger partial charge on any atom is -0.336 e. The van der Waals surface area contributed by atoms with E-state index >= 15 is 0 Å². The van der Waals surface area contributed by atoms with Crippen LogP contribution < -0.4 is 11.3 Å². The summed E-state index contributed by atoms with van der Waals surface area (Å²) in [5.74, 6) is 6.08. The van der Waals surface area contributed by atoms with Gasteiger partial charge in [0.05, 0.1) is 5.56 Å². The summed E-state index contributed by atoms with van der Waals surface area (Å²) in [6, 6.07) is 7.82. The van der Waals surface area contributed by atoms with Crippen molar-refractivity contribution in [2.45, 2.75) is 33.2 Å². The highest BCUT2D eigenvalue weighted by atomic mass is 16.2.